The number of fused-ring (bicyclic) bond motifs is 1. The van der Waals surface area contributed by atoms with Gasteiger partial charge in [0.25, 0.3) is 5.91 Å². The SMILES string of the molecule is Cc1ccc(F)c(OCCCC(=O)N2CCCOc3c(-c4cnn(Cc5c(F)cc(C(=O)NCCC(=O)O)cc5Cl)c4)cccc32)c1Cl. The van der Waals surface area contributed by atoms with Crippen molar-refractivity contribution >= 4 is 46.7 Å². The Hall–Kier alpha value is -4.68. The fraction of sp³-hybridized carbons (Fsp3) is 0.294. The van der Waals surface area contributed by atoms with E-state index >= 15 is 4.39 Å². The van der Waals surface area contributed by atoms with Crippen LogP contribution in [0.5, 0.6) is 11.5 Å². The Morgan fingerprint density at radius 1 is 1.10 bits per heavy atom. The molecule has 2 N–H and O–H groups in total. The highest BCUT2D eigenvalue weighted by Crippen LogP contribution is 2.40. The lowest BCUT2D eigenvalue weighted by molar-refractivity contribution is -0.136. The molecule has 0 radical (unpaired) electrons. The van der Waals surface area contributed by atoms with Gasteiger partial charge in [-0.1, -0.05) is 41.4 Å². The molecule has 0 spiro atoms. The molecule has 1 aliphatic rings. The maximum absolute atomic E-state index is 15.1. The van der Waals surface area contributed by atoms with Crippen molar-refractivity contribution in [1.29, 1.82) is 0 Å². The van der Waals surface area contributed by atoms with Crippen LogP contribution in [0.15, 0.2) is 54.9 Å². The van der Waals surface area contributed by atoms with Gasteiger partial charge < -0.3 is 24.8 Å². The zero-order chi connectivity index (χ0) is 34.4. The molecular formula is C34H32Cl2F2N4O6. The summed E-state index contributed by atoms with van der Waals surface area (Å²) in [5, 5.41) is 15.8. The molecule has 0 aliphatic carbocycles. The molecule has 252 valence electrons. The number of hydrogen-bond acceptors (Lipinski definition) is 6. The first-order valence-corrected chi connectivity index (χ1v) is 15.9. The minimum Gasteiger partial charge on any atom is -0.491 e. The minimum atomic E-state index is -1.07. The summed E-state index contributed by atoms with van der Waals surface area (Å²) in [5.41, 5.74) is 2.72. The van der Waals surface area contributed by atoms with Crippen LogP contribution in [0.4, 0.5) is 14.5 Å². The molecule has 0 saturated carbocycles. The molecule has 14 heteroatoms. The fourth-order valence-electron chi connectivity index (χ4n) is 5.21. The van der Waals surface area contributed by atoms with Gasteiger partial charge in [-0.15, -0.1) is 0 Å². The van der Waals surface area contributed by atoms with E-state index in [0.29, 0.717) is 54.1 Å². The molecule has 3 aromatic carbocycles. The Kier molecular flexibility index (Phi) is 11.2. The summed E-state index contributed by atoms with van der Waals surface area (Å²) < 4.78 is 42.5. The molecule has 5 rings (SSSR count). The predicted octanol–water partition coefficient (Wildman–Crippen LogP) is 6.67. The number of rotatable bonds is 12. The van der Waals surface area contributed by atoms with Crippen LogP contribution in [0, 0.1) is 18.6 Å². The summed E-state index contributed by atoms with van der Waals surface area (Å²) in [4.78, 5) is 38.1. The average Bonchev–Trinajstić information content (AvgIpc) is 3.41. The molecular weight excluding hydrogens is 669 g/mol. The lowest BCUT2D eigenvalue weighted by Crippen LogP contribution is -2.31. The number of aromatic nitrogens is 2. The Labute approximate surface area is 285 Å². The minimum absolute atomic E-state index is 0.0130. The van der Waals surface area contributed by atoms with Crippen LogP contribution < -0.4 is 19.7 Å². The molecule has 10 nitrogen and oxygen atoms in total. The zero-order valence-corrected chi connectivity index (χ0v) is 27.4. The van der Waals surface area contributed by atoms with Crippen molar-refractivity contribution in [2.75, 3.05) is 31.2 Å². The number of nitrogens with one attached hydrogen (secondary N) is 1. The van der Waals surface area contributed by atoms with Crippen LogP contribution in [0.2, 0.25) is 10.0 Å². The number of hydrogen-bond donors (Lipinski definition) is 2. The Balaban J connectivity index is 1.27. The largest absolute Gasteiger partial charge is 0.491 e. The topological polar surface area (TPSA) is 123 Å². The van der Waals surface area contributed by atoms with Gasteiger partial charge >= 0.3 is 5.97 Å². The summed E-state index contributed by atoms with van der Waals surface area (Å²) in [6.45, 7) is 2.54. The van der Waals surface area contributed by atoms with E-state index in [-0.39, 0.29) is 65.4 Å². The summed E-state index contributed by atoms with van der Waals surface area (Å²) in [5.74, 6) is -2.65. The van der Waals surface area contributed by atoms with Gasteiger partial charge in [0.2, 0.25) is 5.91 Å². The van der Waals surface area contributed by atoms with Gasteiger partial charge in [-0.3, -0.25) is 19.1 Å². The number of carbonyl (C=O) groups excluding carboxylic acids is 2. The van der Waals surface area contributed by atoms with Gasteiger partial charge in [-0.05, 0) is 49.6 Å². The summed E-state index contributed by atoms with van der Waals surface area (Å²) >= 11 is 12.5. The molecule has 48 heavy (non-hydrogen) atoms. The number of aliphatic carboxylic acids is 1. The van der Waals surface area contributed by atoms with Crippen molar-refractivity contribution in [1.82, 2.24) is 15.1 Å². The molecule has 2 amide bonds. The quantitative estimate of drug-likeness (QED) is 0.158. The van der Waals surface area contributed by atoms with Crippen LogP contribution in [-0.2, 0) is 16.1 Å². The lowest BCUT2D eigenvalue weighted by atomic mass is 10.1. The molecule has 0 unspecified atom stereocenters. The van der Waals surface area contributed by atoms with Crippen molar-refractivity contribution in [2.45, 2.75) is 39.2 Å². The maximum Gasteiger partial charge on any atom is 0.305 e. The summed E-state index contributed by atoms with van der Waals surface area (Å²) in [6.07, 6.45) is 4.13. The number of para-hydroxylation sites is 1. The second-order valence-corrected chi connectivity index (χ2v) is 11.9. The van der Waals surface area contributed by atoms with Crippen molar-refractivity contribution in [3.63, 3.8) is 0 Å². The number of carboxylic acid groups (broad SMARTS) is 1. The van der Waals surface area contributed by atoms with Crippen molar-refractivity contribution in [3.8, 4) is 22.6 Å². The highest BCUT2D eigenvalue weighted by Gasteiger charge is 2.25. The van der Waals surface area contributed by atoms with E-state index in [2.05, 4.69) is 10.4 Å². The number of amides is 2. The maximum atomic E-state index is 15.1. The summed E-state index contributed by atoms with van der Waals surface area (Å²) in [7, 11) is 0. The third-order valence-electron chi connectivity index (χ3n) is 7.67. The number of ether oxygens (including phenoxy) is 2. The Morgan fingerprint density at radius 2 is 1.92 bits per heavy atom. The first-order chi connectivity index (χ1) is 23.0. The third-order valence-corrected chi connectivity index (χ3v) is 8.48. The smallest absolute Gasteiger partial charge is 0.305 e. The molecule has 1 aromatic heterocycles. The van der Waals surface area contributed by atoms with E-state index in [0.717, 1.165) is 6.07 Å². The van der Waals surface area contributed by atoms with Crippen molar-refractivity contribution in [2.24, 2.45) is 0 Å². The van der Waals surface area contributed by atoms with E-state index in [4.69, 9.17) is 37.8 Å². The van der Waals surface area contributed by atoms with Crippen LogP contribution in [0.25, 0.3) is 11.1 Å². The predicted molar refractivity (Wildman–Crippen MR) is 176 cm³/mol. The average molecular weight is 702 g/mol. The van der Waals surface area contributed by atoms with Crippen LogP contribution >= 0.6 is 23.2 Å². The molecule has 0 saturated heterocycles. The van der Waals surface area contributed by atoms with Gasteiger partial charge in [-0.2, -0.15) is 5.10 Å². The Bertz CT molecular complexity index is 1830. The van der Waals surface area contributed by atoms with E-state index < -0.39 is 23.5 Å². The van der Waals surface area contributed by atoms with Crippen LogP contribution in [-0.4, -0.2) is 59.0 Å². The molecule has 4 aromatic rings. The Morgan fingerprint density at radius 3 is 2.69 bits per heavy atom. The first kappa shape index (κ1) is 34.6. The number of nitrogens with zero attached hydrogens (tertiary/aromatic N) is 3. The molecule has 1 aliphatic heterocycles. The van der Waals surface area contributed by atoms with Gasteiger partial charge in [0, 0.05) is 53.0 Å². The van der Waals surface area contributed by atoms with Crippen molar-refractivity contribution < 1.29 is 37.7 Å². The number of benzene rings is 3. The highest BCUT2D eigenvalue weighted by molar-refractivity contribution is 6.32. The van der Waals surface area contributed by atoms with Crippen LogP contribution in [0.1, 0.15) is 47.2 Å². The number of halogens is 4. The van der Waals surface area contributed by atoms with Crippen molar-refractivity contribution in [3.05, 3.63) is 93.2 Å². The molecule has 0 atom stereocenters. The third kappa shape index (κ3) is 8.06. The van der Waals surface area contributed by atoms with Gasteiger partial charge in [0.15, 0.2) is 17.3 Å². The van der Waals surface area contributed by atoms with E-state index in [1.54, 1.807) is 36.4 Å². The molecule has 0 bridgehead atoms. The standard InChI is InChI=1S/C34H32Cl2F2N4O6/c1-20-8-9-26(37)33(31(20)36)48-13-3-7-29(43)42-12-4-14-47-32-23(5-2-6-28(32)42)22-17-40-41(18-22)19-24-25(35)15-21(16-27(24)38)34(46)39-11-10-30(44)45/h2,5-6,8-9,15-18H,3-4,7,10-14,19H2,1H3,(H,39,46)(H,44,45). The molecule has 0 fully saturated rings. The van der Waals surface area contributed by atoms with Gasteiger partial charge in [-0.25, -0.2) is 8.78 Å². The number of carbonyl (C=O) groups is 3. The van der Waals surface area contributed by atoms with E-state index in [1.165, 1.54) is 16.8 Å². The normalized spacial score (nSPS) is 12.6. The second-order valence-electron chi connectivity index (χ2n) is 11.1. The van der Waals surface area contributed by atoms with E-state index in [9.17, 15) is 18.8 Å². The summed E-state index contributed by atoms with van der Waals surface area (Å²) in [6, 6.07) is 10.7. The first-order valence-electron chi connectivity index (χ1n) is 15.2. The zero-order valence-electron chi connectivity index (χ0n) is 25.9. The number of aryl methyl sites for hydroxylation is 1. The number of anilines is 1. The van der Waals surface area contributed by atoms with Gasteiger partial charge in [0.1, 0.15) is 5.82 Å². The molecule has 2 heterocycles. The van der Waals surface area contributed by atoms with E-state index in [1.807, 2.05) is 12.1 Å². The highest BCUT2D eigenvalue weighted by atomic mass is 35.5. The second kappa shape index (κ2) is 15.5. The van der Waals surface area contributed by atoms with Crippen LogP contribution in [0.3, 0.4) is 0 Å². The lowest BCUT2D eigenvalue weighted by Gasteiger charge is -2.23. The monoisotopic (exact) mass is 700 g/mol. The number of carboxylic acids is 1. The van der Waals surface area contributed by atoms with Gasteiger partial charge in [0.05, 0.1) is 43.1 Å². The fourth-order valence-corrected chi connectivity index (χ4v) is 5.69.